The molecule has 6 rings (SSSR count). The van der Waals surface area contributed by atoms with Crippen molar-refractivity contribution in [2.75, 3.05) is 41.7 Å². The highest BCUT2D eigenvalue weighted by Gasteiger charge is 2.36. The highest BCUT2D eigenvalue weighted by atomic mass is 32.2. The van der Waals surface area contributed by atoms with E-state index in [2.05, 4.69) is 19.9 Å². The van der Waals surface area contributed by atoms with E-state index >= 15 is 4.39 Å². The summed E-state index contributed by atoms with van der Waals surface area (Å²) < 4.78 is 119. The molecule has 17 heteroatoms. The number of rotatable bonds is 6. The van der Waals surface area contributed by atoms with Crippen molar-refractivity contribution in [2.24, 2.45) is 0 Å². The van der Waals surface area contributed by atoms with Gasteiger partial charge < -0.3 is 15.4 Å². The van der Waals surface area contributed by atoms with E-state index in [-0.39, 0.29) is 53.0 Å². The molecule has 0 amide bonds. The van der Waals surface area contributed by atoms with Crippen LogP contribution in [0.1, 0.15) is 5.56 Å². The van der Waals surface area contributed by atoms with Gasteiger partial charge in [-0.05, 0) is 42.5 Å². The lowest BCUT2D eigenvalue weighted by Gasteiger charge is -2.28. The molecule has 1 saturated heterocycles. The summed E-state index contributed by atoms with van der Waals surface area (Å²) in [4.78, 5) is 17.5. The second-order valence-electron chi connectivity index (χ2n) is 10.0. The maximum absolute atomic E-state index is 15.8. The predicted octanol–water partition coefficient (Wildman–Crippen LogP) is 5.41. The zero-order valence-electron chi connectivity index (χ0n) is 23.3. The lowest BCUT2D eigenvalue weighted by molar-refractivity contribution is -0.137. The third-order valence-corrected chi connectivity index (χ3v) is 8.43. The van der Waals surface area contributed by atoms with Crippen LogP contribution in [0.2, 0.25) is 0 Å². The molecule has 10 nitrogen and oxygen atoms in total. The number of sulfonamides is 1. The number of nitrogens with zero attached hydrogens (tertiary/aromatic N) is 5. The summed E-state index contributed by atoms with van der Waals surface area (Å²) in [6, 6.07) is 9.55. The minimum atomic E-state index is -4.89. The molecule has 3 N–H and O–H groups in total. The SMILES string of the molecule is Nc1cc(C(F)(F)F)c(-c2nc(N3CCOCC3)c3nc(-c4cccc(NS(=O)(=O)c5c(F)cccc5F)c4F)ccc3n2)cn1. The molecule has 0 aliphatic carbocycles. The number of pyridine rings is 2. The first-order valence-corrected chi connectivity index (χ1v) is 14.9. The highest BCUT2D eigenvalue weighted by molar-refractivity contribution is 7.92. The van der Waals surface area contributed by atoms with E-state index in [0.717, 1.165) is 30.5 Å². The highest BCUT2D eigenvalue weighted by Crippen LogP contribution is 2.38. The second kappa shape index (κ2) is 11.7. The molecule has 0 radical (unpaired) electrons. The van der Waals surface area contributed by atoms with Crippen LogP contribution in [0.15, 0.2) is 65.7 Å². The fourth-order valence-corrected chi connectivity index (χ4v) is 6.09. The first kappa shape index (κ1) is 31.0. The van der Waals surface area contributed by atoms with Crippen LogP contribution < -0.4 is 15.4 Å². The minimum absolute atomic E-state index is 0.0147. The molecule has 4 heterocycles. The van der Waals surface area contributed by atoms with Crippen LogP contribution in [0.5, 0.6) is 0 Å². The smallest absolute Gasteiger partial charge is 0.384 e. The van der Waals surface area contributed by atoms with E-state index in [1.165, 1.54) is 24.3 Å². The number of alkyl halides is 3. The molecule has 0 spiro atoms. The van der Waals surface area contributed by atoms with Crippen LogP contribution >= 0.6 is 0 Å². The molecule has 5 aromatic rings. The quantitative estimate of drug-likeness (QED) is 0.229. The first-order valence-electron chi connectivity index (χ1n) is 13.4. The summed E-state index contributed by atoms with van der Waals surface area (Å²) in [6.45, 7) is 1.19. The van der Waals surface area contributed by atoms with Crippen molar-refractivity contribution in [3.8, 4) is 22.6 Å². The monoisotopic (exact) mass is 661 g/mol. The summed E-state index contributed by atoms with van der Waals surface area (Å²) >= 11 is 0. The zero-order chi connectivity index (χ0) is 32.8. The number of halogens is 6. The number of morpholine rings is 1. The summed E-state index contributed by atoms with van der Waals surface area (Å²) in [5.74, 6) is -4.35. The molecule has 1 aliphatic heterocycles. The molecule has 1 fully saturated rings. The summed E-state index contributed by atoms with van der Waals surface area (Å²) in [5, 5.41) is 0. The molecule has 1 aliphatic rings. The van der Waals surface area contributed by atoms with E-state index in [4.69, 9.17) is 10.5 Å². The van der Waals surface area contributed by atoms with E-state index in [9.17, 15) is 30.4 Å². The predicted molar refractivity (Wildman–Crippen MR) is 156 cm³/mol. The van der Waals surface area contributed by atoms with Crippen LogP contribution in [0.3, 0.4) is 0 Å². The molecule has 3 aromatic heterocycles. The molecular weight excluding hydrogens is 640 g/mol. The average molecular weight is 662 g/mol. The average Bonchev–Trinajstić information content (AvgIpc) is 3.01. The number of aromatic nitrogens is 4. The van der Waals surface area contributed by atoms with Gasteiger partial charge in [0.1, 0.15) is 23.0 Å². The van der Waals surface area contributed by atoms with E-state index in [1.807, 2.05) is 4.72 Å². The van der Waals surface area contributed by atoms with Gasteiger partial charge in [-0.2, -0.15) is 13.2 Å². The van der Waals surface area contributed by atoms with E-state index in [1.54, 1.807) is 4.90 Å². The van der Waals surface area contributed by atoms with Crippen molar-refractivity contribution in [1.29, 1.82) is 0 Å². The number of hydrogen-bond donors (Lipinski definition) is 2. The third kappa shape index (κ3) is 5.85. The number of anilines is 3. The second-order valence-corrected chi connectivity index (χ2v) is 11.6. The van der Waals surface area contributed by atoms with Crippen LogP contribution in [0, 0.1) is 17.5 Å². The number of nitrogen functional groups attached to an aromatic ring is 1. The van der Waals surface area contributed by atoms with Gasteiger partial charge in [0.15, 0.2) is 22.4 Å². The summed E-state index contributed by atoms with van der Waals surface area (Å²) in [6.07, 6.45) is -3.87. The number of fused-ring (bicyclic) bond motifs is 1. The topological polar surface area (TPSA) is 136 Å². The maximum atomic E-state index is 15.8. The van der Waals surface area contributed by atoms with Crippen molar-refractivity contribution in [3.63, 3.8) is 0 Å². The van der Waals surface area contributed by atoms with Crippen molar-refractivity contribution < 1.29 is 39.5 Å². The zero-order valence-corrected chi connectivity index (χ0v) is 24.1. The van der Waals surface area contributed by atoms with Crippen LogP contribution in [-0.2, 0) is 20.9 Å². The third-order valence-electron chi connectivity index (χ3n) is 7.01. The van der Waals surface area contributed by atoms with Gasteiger partial charge in [0.2, 0.25) is 0 Å². The number of hydrogen-bond acceptors (Lipinski definition) is 9. The normalized spacial score (nSPS) is 14.1. The number of nitrogens with one attached hydrogen (secondary N) is 1. The number of nitrogens with two attached hydrogens (primary N) is 1. The van der Waals surface area contributed by atoms with Gasteiger partial charge in [-0.15, -0.1) is 0 Å². The molecule has 46 heavy (non-hydrogen) atoms. The van der Waals surface area contributed by atoms with Gasteiger partial charge in [0.25, 0.3) is 10.0 Å². The Kier molecular flexibility index (Phi) is 7.89. The largest absolute Gasteiger partial charge is 0.417 e. The Hall–Kier alpha value is -5.03. The van der Waals surface area contributed by atoms with Gasteiger partial charge in [0, 0.05) is 30.4 Å². The van der Waals surface area contributed by atoms with E-state index in [0.29, 0.717) is 19.2 Å². The Balaban J connectivity index is 1.47. The molecule has 0 atom stereocenters. The fourth-order valence-electron chi connectivity index (χ4n) is 4.89. The minimum Gasteiger partial charge on any atom is -0.384 e. The molecular formula is C29H21F6N7O3S. The first-order chi connectivity index (χ1) is 21.8. The van der Waals surface area contributed by atoms with Crippen molar-refractivity contribution in [1.82, 2.24) is 19.9 Å². The molecule has 238 valence electrons. The van der Waals surface area contributed by atoms with Gasteiger partial charge in [-0.3, -0.25) is 4.72 Å². The van der Waals surface area contributed by atoms with Crippen molar-refractivity contribution in [2.45, 2.75) is 11.1 Å². The number of ether oxygens (including phenoxy) is 1. The van der Waals surface area contributed by atoms with Gasteiger partial charge >= 0.3 is 6.18 Å². The summed E-state index contributed by atoms with van der Waals surface area (Å²) in [7, 11) is -4.89. The molecule has 0 saturated carbocycles. The lowest BCUT2D eigenvalue weighted by atomic mass is 10.1. The van der Waals surface area contributed by atoms with Gasteiger partial charge in [-0.25, -0.2) is 41.5 Å². The van der Waals surface area contributed by atoms with Gasteiger partial charge in [-0.1, -0.05) is 12.1 Å². The Morgan fingerprint density at radius 3 is 2.28 bits per heavy atom. The van der Waals surface area contributed by atoms with Crippen LogP contribution in [-0.4, -0.2) is 54.7 Å². The van der Waals surface area contributed by atoms with E-state index < -0.39 is 55.4 Å². The standard InChI is InChI=1S/C29H21F6N7O3S/c30-18-4-2-5-19(31)26(18)46(43,44)41-21-6-1-3-15(24(21)32)20-7-8-22-25(38-20)28(42-9-11-45-12-10-42)40-27(39-22)16-14-37-23(36)13-17(16)29(33,34)35/h1-8,13-14,41H,9-12H2,(H2,36,37). The Bertz CT molecular complexity index is 2070. The number of benzene rings is 2. The summed E-state index contributed by atoms with van der Waals surface area (Å²) in [5.41, 5.74) is 3.42. The Morgan fingerprint density at radius 1 is 0.891 bits per heavy atom. The Labute approximate surface area is 256 Å². The molecule has 0 bridgehead atoms. The molecule has 0 unspecified atom stereocenters. The lowest BCUT2D eigenvalue weighted by Crippen LogP contribution is -2.37. The van der Waals surface area contributed by atoms with Crippen LogP contribution in [0.4, 0.5) is 43.7 Å². The van der Waals surface area contributed by atoms with Crippen LogP contribution in [0.25, 0.3) is 33.7 Å². The Morgan fingerprint density at radius 2 is 1.59 bits per heavy atom. The van der Waals surface area contributed by atoms with Crippen molar-refractivity contribution in [3.05, 3.63) is 83.8 Å². The maximum Gasteiger partial charge on any atom is 0.417 e. The van der Waals surface area contributed by atoms with Crippen molar-refractivity contribution >= 4 is 38.4 Å². The molecule has 2 aromatic carbocycles. The fraction of sp³-hybridized carbons (Fsp3) is 0.172. The van der Waals surface area contributed by atoms with Gasteiger partial charge in [0.05, 0.1) is 35.7 Å².